The van der Waals surface area contributed by atoms with Gasteiger partial charge in [0.25, 0.3) is 0 Å². The highest BCUT2D eigenvalue weighted by Crippen LogP contribution is 2.26. The lowest BCUT2D eigenvalue weighted by molar-refractivity contribution is 0.172. The SMILES string of the molecule is CC(C)/C=C(/CN1CCC(C(C)C)CC1)c1ccccc1. The highest BCUT2D eigenvalue weighted by atomic mass is 15.1. The minimum atomic E-state index is 0.605. The molecule has 0 atom stereocenters. The minimum Gasteiger partial charge on any atom is -0.299 e. The number of benzene rings is 1. The molecule has 1 saturated heterocycles. The van der Waals surface area contributed by atoms with Gasteiger partial charge in [-0.3, -0.25) is 4.90 Å². The van der Waals surface area contributed by atoms with Crippen LogP contribution in [0.4, 0.5) is 0 Å². The molecular weight excluding hydrogens is 254 g/mol. The van der Waals surface area contributed by atoms with Crippen LogP contribution in [0.25, 0.3) is 5.57 Å². The summed E-state index contributed by atoms with van der Waals surface area (Å²) in [5.41, 5.74) is 2.88. The van der Waals surface area contributed by atoms with Gasteiger partial charge < -0.3 is 0 Å². The summed E-state index contributed by atoms with van der Waals surface area (Å²) >= 11 is 0. The lowest BCUT2D eigenvalue weighted by atomic mass is 9.86. The zero-order valence-electron chi connectivity index (χ0n) is 14.2. The third-order valence-corrected chi connectivity index (χ3v) is 4.65. The summed E-state index contributed by atoms with van der Waals surface area (Å²) in [5.74, 6) is 2.37. The molecule has 1 aliphatic rings. The highest BCUT2D eigenvalue weighted by Gasteiger charge is 2.22. The monoisotopic (exact) mass is 285 g/mol. The standard InChI is InChI=1S/C20H31N/c1-16(2)14-20(19-8-6-5-7-9-19)15-21-12-10-18(11-13-21)17(3)4/h5-9,14,16-18H,10-13,15H2,1-4H3/b20-14-. The first-order valence-electron chi connectivity index (χ1n) is 8.54. The molecule has 0 radical (unpaired) electrons. The molecule has 21 heavy (non-hydrogen) atoms. The van der Waals surface area contributed by atoms with Crippen LogP contribution in [0.5, 0.6) is 0 Å². The van der Waals surface area contributed by atoms with E-state index < -0.39 is 0 Å². The molecule has 116 valence electrons. The van der Waals surface area contributed by atoms with Gasteiger partial charge in [-0.25, -0.2) is 0 Å². The highest BCUT2D eigenvalue weighted by molar-refractivity contribution is 5.67. The molecule has 0 aliphatic carbocycles. The van der Waals surface area contributed by atoms with Gasteiger partial charge in [0.05, 0.1) is 0 Å². The smallest absolute Gasteiger partial charge is 0.0236 e. The summed E-state index contributed by atoms with van der Waals surface area (Å²) in [6.07, 6.45) is 5.16. The molecule has 0 aromatic heterocycles. The summed E-state index contributed by atoms with van der Waals surface area (Å²) in [6.45, 7) is 12.9. The second kappa shape index (κ2) is 7.79. The predicted octanol–water partition coefficient (Wildman–Crippen LogP) is 5.09. The number of rotatable bonds is 5. The predicted molar refractivity (Wildman–Crippen MR) is 93.3 cm³/mol. The average molecular weight is 285 g/mol. The Morgan fingerprint density at radius 2 is 1.71 bits per heavy atom. The second-order valence-corrected chi connectivity index (χ2v) is 7.16. The van der Waals surface area contributed by atoms with Crippen LogP contribution in [-0.4, -0.2) is 24.5 Å². The molecule has 1 heterocycles. The summed E-state index contributed by atoms with van der Waals surface area (Å²) in [6, 6.07) is 10.9. The molecule has 0 N–H and O–H groups in total. The lowest BCUT2D eigenvalue weighted by Gasteiger charge is -2.34. The summed E-state index contributed by atoms with van der Waals surface area (Å²) in [4.78, 5) is 2.64. The lowest BCUT2D eigenvalue weighted by Crippen LogP contribution is -2.36. The van der Waals surface area contributed by atoms with E-state index in [9.17, 15) is 0 Å². The first-order valence-corrected chi connectivity index (χ1v) is 8.54. The van der Waals surface area contributed by atoms with E-state index in [2.05, 4.69) is 69.0 Å². The van der Waals surface area contributed by atoms with E-state index in [1.807, 2.05) is 0 Å². The Hall–Kier alpha value is -1.08. The van der Waals surface area contributed by atoms with Gasteiger partial charge in [0.1, 0.15) is 0 Å². The van der Waals surface area contributed by atoms with Gasteiger partial charge in [-0.1, -0.05) is 64.1 Å². The van der Waals surface area contributed by atoms with E-state index in [-0.39, 0.29) is 0 Å². The number of likely N-dealkylation sites (tertiary alicyclic amines) is 1. The van der Waals surface area contributed by atoms with Crippen LogP contribution in [0, 0.1) is 17.8 Å². The molecule has 1 fully saturated rings. The van der Waals surface area contributed by atoms with E-state index in [0.29, 0.717) is 5.92 Å². The van der Waals surface area contributed by atoms with Crippen LogP contribution >= 0.6 is 0 Å². The normalized spacial score (nSPS) is 18.7. The maximum Gasteiger partial charge on any atom is 0.0236 e. The quantitative estimate of drug-likeness (QED) is 0.728. The second-order valence-electron chi connectivity index (χ2n) is 7.16. The molecule has 0 saturated carbocycles. The summed E-state index contributed by atoms with van der Waals surface area (Å²) in [7, 11) is 0. The van der Waals surface area contributed by atoms with Gasteiger partial charge in [0, 0.05) is 6.54 Å². The van der Waals surface area contributed by atoms with Gasteiger partial charge in [-0.05, 0) is 54.8 Å². The van der Waals surface area contributed by atoms with Crippen LogP contribution in [-0.2, 0) is 0 Å². The topological polar surface area (TPSA) is 3.24 Å². The van der Waals surface area contributed by atoms with E-state index >= 15 is 0 Å². The van der Waals surface area contributed by atoms with Gasteiger partial charge in [0.15, 0.2) is 0 Å². The van der Waals surface area contributed by atoms with Crippen LogP contribution < -0.4 is 0 Å². The number of nitrogens with zero attached hydrogens (tertiary/aromatic N) is 1. The summed E-state index contributed by atoms with van der Waals surface area (Å²) in [5, 5.41) is 0. The fourth-order valence-corrected chi connectivity index (χ4v) is 3.31. The molecule has 1 aromatic carbocycles. The first kappa shape index (κ1) is 16.3. The zero-order valence-corrected chi connectivity index (χ0v) is 14.2. The Bertz CT molecular complexity index is 436. The molecule has 0 bridgehead atoms. The van der Waals surface area contributed by atoms with Crippen molar-refractivity contribution in [1.29, 1.82) is 0 Å². The van der Waals surface area contributed by atoms with Crippen LogP contribution in [0.1, 0.15) is 46.1 Å². The van der Waals surface area contributed by atoms with Crippen molar-refractivity contribution in [2.24, 2.45) is 17.8 Å². The molecule has 1 aliphatic heterocycles. The van der Waals surface area contributed by atoms with Gasteiger partial charge in [-0.2, -0.15) is 0 Å². The molecular formula is C20H31N. The van der Waals surface area contributed by atoms with Crippen molar-refractivity contribution in [3.8, 4) is 0 Å². The van der Waals surface area contributed by atoms with Crippen LogP contribution in [0.2, 0.25) is 0 Å². The molecule has 2 rings (SSSR count). The van der Waals surface area contributed by atoms with Crippen molar-refractivity contribution < 1.29 is 0 Å². The number of piperidine rings is 1. The van der Waals surface area contributed by atoms with E-state index in [1.54, 1.807) is 0 Å². The van der Waals surface area contributed by atoms with Crippen molar-refractivity contribution in [2.75, 3.05) is 19.6 Å². The zero-order chi connectivity index (χ0) is 15.2. The Labute approximate surface area is 131 Å². The summed E-state index contributed by atoms with van der Waals surface area (Å²) < 4.78 is 0. The van der Waals surface area contributed by atoms with Crippen molar-refractivity contribution in [3.63, 3.8) is 0 Å². The number of hydrogen-bond acceptors (Lipinski definition) is 1. The van der Waals surface area contributed by atoms with Crippen LogP contribution in [0.3, 0.4) is 0 Å². The van der Waals surface area contributed by atoms with Crippen molar-refractivity contribution in [2.45, 2.75) is 40.5 Å². The third-order valence-electron chi connectivity index (χ3n) is 4.65. The van der Waals surface area contributed by atoms with E-state index in [0.717, 1.165) is 18.4 Å². The van der Waals surface area contributed by atoms with Crippen molar-refractivity contribution in [1.82, 2.24) is 4.90 Å². The average Bonchev–Trinajstić information content (AvgIpc) is 2.47. The largest absolute Gasteiger partial charge is 0.299 e. The fraction of sp³-hybridized carbons (Fsp3) is 0.600. The third kappa shape index (κ3) is 5.00. The Kier molecular flexibility index (Phi) is 6.05. The fourth-order valence-electron chi connectivity index (χ4n) is 3.31. The van der Waals surface area contributed by atoms with E-state index in [1.165, 1.54) is 37.1 Å². The molecule has 1 nitrogen and oxygen atoms in total. The maximum atomic E-state index is 2.64. The molecule has 0 spiro atoms. The Balaban J connectivity index is 2.01. The maximum absolute atomic E-state index is 2.64. The van der Waals surface area contributed by atoms with Gasteiger partial charge >= 0.3 is 0 Å². The molecule has 1 aromatic rings. The van der Waals surface area contributed by atoms with Gasteiger partial charge in [0.2, 0.25) is 0 Å². The molecule has 0 unspecified atom stereocenters. The van der Waals surface area contributed by atoms with Gasteiger partial charge in [-0.15, -0.1) is 0 Å². The number of hydrogen-bond donors (Lipinski definition) is 0. The molecule has 1 heteroatoms. The minimum absolute atomic E-state index is 0.605. The Morgan fingerprint density at radius 3 is 2.24 bits per heavy atom. The van der Waals surface area contributed by atoms with Crippen molar-refractivity contribution >= 4 is 5.57 Å². The van der Waals surface area contributed by atoms with Crippen molar-refractivity contribution in [3.05, 3.63) is 42.0 Å². The Morgan fingerprint density at radius 1 is 1.10 bits per heavy atom. The van der Waals surface area contributed by atoms with E-state index in [4.69, 9.17) is 0 Å². The molecule has 0 amide bonds. The number of allylic oxidation sites excluding steroid dienone is 1. The van der Waals surface area contributed by atoms with Crippen LogP contribution in [0.15, 0.2) is 36.4 Å². The first-order chi connectivity index (χ1) is 10.1.